The second-order valence-corrected chi connectivity index (χ2v) is 13.5. The predicted octanol–water partition coefficient (Wildman–Crippen LogP) is -0.729. The molecule has 0 radical (unpaired) electrons. The van der Waals surface area contributed by atoms with Crippen LogP contribution in [0.4, 0.5) is 0 Å². The lowest BCUT2D eigenvalue weighted by atomic mass is 9.59. The molecule has 3 heterocycles. The van der Waals surface area contributed by atoms with E-state index in [2.05, 4.69) is 44.0 Å². The third kappa shape index (κ3) is 6.80. The van der Waals surface area contributed by atoms with Crippen molar-refractivity contribution >= 4 is 35.8 Å². The van der Waals surface area contributed by atoms with Crippen LogP contribution in [0.1, 0.15) is 61.1 Å². The molecule has 3 aromatic carbocycles. The lowest BCUT2D eigenvalue weighted by molar-refractivity contribution is -0.669. The molecule has 6 rings (SSSR count). The molecule has 3 aromatic rings. The summed E-state index contributed by atoms with van der Waals surface area (Å²) < 4.78 is 13.5. The first-order valence-corrected chi connectivity index (χ1v) is 17.0. The predicted molar refractivity (Wildman–Crippen MR) is 177 cm³/mol. The van der Waals surface area contributed by atoms with E-state index < -0.39 is 82.4 Å². The summed E-state index contributed by atoms with van der Waals surface area (Å²) in [5, 5.41) is 84.9. The Bertz CT molecular complexity index is 1970. The molecule has 0 saturated carbocycles. The van der Waals surface area contributed by atoms with Crippen molar-refractivity contribution in [3.63, 3.8) is 0 Å². The van der Waals surface area contributed by atoms with Crippen molar-refractivity contribution in [3.05, 3.63) is 106 Å². The Morgan fingerprint density at radius 2 is 0.717 bits per heavy atom. The minimum Gasteiger partial charge on any atom is -0.412 e. The second-order valence-electron chi connectivity index (χ2n) is 13.5. The van der Waals surface area contributed by atoms with Crippen LogP contribution in [0.5, 0.6) is 0 Å². The number of aryl methyl sites for hydroxylation is 3. The number of aliphatic hydroxyl groups is 6. The number of rotatable bonds is 19. The third-order valence-corrected chi connectivity index (χ3v) is 9.72. The van der Waals surface area contributed by atoms with Crippen LogP contribution in [0.2, 0.25) is 0 Å². The zero-order chi connectivity index (χ0) is 44.1. The lowest BCUT2D eigenvalue weighted by Gasteiger charge is -2.55. The quantitative estimate of drug-likeness (QED) is 0.0285. The minimum absolute atomic E-state index is 0.281. The van der Waals surface area contributed by atoms with E-state index in [4.69, 9.17) is 14.7 Å². The first-order chi connectivity index (χ1) is 28.1. The number of carbonyl (C=O) groups excluding carboxylic acids is 6. The molecule has 0 aromatic heterocycles. The number of carbonyl (C=O) groups is 6. The summed E-state index contributed by atoms with van der Waals surface area (Å²) in [7, 11) is 0. The maximum Gasteiger partial charge on any atom is 0.389 e. The highest BCUT2D eigenvalue weighted by molar-refractivity contribution is 5.95. The van der Waals surface area contributed by atoms with E-state index in [0.717, 1.165) is 0 Å². The zero-order valence-corrected chi connectivity index (χ0v) is 31.2. The van der Waals surface area contributed by atoms with Gasteiger partial charge in [-0.3, -0.25) is 14.7 Å². The fourth-order valence-electron chi connectivity index (χ4n) is 6.11. The first-order valence-electron chi connectivity index (χ1n) is 17.0. The van der Waals surface area contributed by atoms with E-state index in [-0.39, 0.29) is 16.7 Å². The van der Waals surface area contributed by atoms with E-state index in [0.29, 0.717) is 23.6 Å². The Balaban J connectivity index is 1.49. The van der Waals surface area contributed by atoms with Crippen molar-refractivity contribution in [2.45, 2.75) is 68.8 Å². The number of hydrogen-bond donors (Lipinski definition) is 6. The average molecular weight is 849 g/mol. The summed E-state index contributed by atoms with van der Waals surface area (Å²) in [6.45, 7) is 5.64. The average Bonchev–Trinajstić information content (AvgIpc) is 4.16. The van der Waals surface area contributed by atoms with Crippen molar-refractivity contribution < 1.29 is 118 Å². The van der Waals surface area contributed by atoms with Gasteiger partial charge in [-0.25, -0.2) is 28.8 Å². The maximum atomic E-state index is 12.8. The van der Waals surface area contributed by atoms with Gasteiger partial charge in [-0.05, 0) is 78.7 Å². The second kappa shape index (κ2) is 15.2. The molecule has 60 heavy (non-hydrogen) atoms. The molecule has 6 N–H and O–H groups in total. The van der Waals surface area contributed by atoms with Crippen LogP contribution in [-0.2, 0) is 73.0 Å². The van der Waals surface area contributed by atoms with Gasteiger partial charge >= 0.3 is 53.2 Å². The molecule has 6 unspecified atom stereocenters. The van der Waals surface area contributed by atoms with Crippen molar-refractivity contribution in [1.82, 2.24) is 0 Å². The summed E-state index contributed by atoms with van der Waals surface area (Å²) in [4.78, 5) is 105. The Kier molecular flexibility index (Phi) is 11.1. The molecule has 3 saturated heterocycles. The van der Waals surface area contributed by atoms with Gasteiger partial charge in [0.05, 0.1) is 16.7 Å². The normalized spacial score (nSPS) is 25.4. The number of cyclic esters (lactones) is 3. The molecule has 24 nitrogen and oxygen atoms in total. The molecular weight excluding hydrogens is 816 g/mol. The van der Waals surface area contributed by atoms with Gasteiger partial charge in [0.25, 0.3) is 17.4 Å². The lowest BCUT2D eigenvalue weighted by Crippen LogP contribution is -2.84. The van der Waals surface area contributed by atoms with Gasteiger partial charge < -0.3 is 44.8 Å². The third-order valence-electron chi connectivity index (χ3n) is 9.72. The molecule has 3 fully saturated rings. The number of benzene rings is 3. The van der Waals surface area contributed by atoms with E-state index in [1.807, 2.05) is 0 Å². The SMILES string of the molecule is CCC(C(O)(OOOC(=O)c1ccc(C)cc1)C1(O)OC1=O)(C(O)(OOOC(=O)c1ccc(C)cc1)C1(O)OC1=O)C(O)(OOOC(=O)c1ccc(C)cc1)C1(O)OC1=O. The van der Waals surface area contributed by atoms with Gasteiger partial charge in [0.1, 0.15) is 0 Å². The van der Waals surface area contributed by atoms with E-state index >= 15 is 0 Å². The Morgan fingerprint density at radius 3 is 0.900 bits per heavy atom. The fraction of sp³-hybridized carbons (Fsp3) is 0.333. The Morgan fingerprint density at radius 1 is 0.500 bits per heavy atom. The maximum absolute atomic E-state index is 12.8. The van der Waals surface area contributed by atoms with E-state index in [9.17, 15) is 59.4 Å². The highest BCUT2D eigenvalue weighted by atomic mass is 17.5. The Hall–Kier alpha value is -6.00. The van der Waals surface area contributed by atoms with Crippen molar-refractivity contribution in [1.29, 1.82) is 0 Å². The Labute approximate surface area is 334 Å². The summed E-state index contributed by atoms with van der Waals surface area (Å²) in [6.07, 6.45) is -1.67. The monoisotopic (exact) mass is 848 g/mol. The van der Waals surface area contributed by atoms with Gasteiger partial charge in [0.2, 0.25) is 0 Å². The summed E-state index contributed by atoms with van der Waals surface area (Å²) in [6, 6.07) is 15.8. The van der Waals surface area contributed by atoms with E-state index in [1.165, 1.54) is 72.8 Å². The summed E-state index contributed by atoms with van der Waals surface area (Å²) in [5.41, 5.74) is -3.42. The minimum atomic E-state index is -4.79. The molecule has 3 aliphatic rings. The summed E-state index contributed by atoms with van der Waals surface area (Å²) in [5.74, 6) is -37.2. The van der Waals surface area contributed by atoms with Gasteiger partial charge in [-0.1, -0.05) is 60.0 Å². The molecule has 0 bridgehead atoms. The highest BCUT2D eigenvalue weighted by Gasteiger charge is 3.00. The van der Waals surface area contributed by atoms with Crippen LogP contribution in [0, 0.1) is 26.2 Å². The van der Waals surface area contributed by atoms with Crippen LogP contribution < -0.4 is 0 Å². The fourth-order valence-corrected chi connectivity index (χ4v) is 6.11. The molecule has 24 heteroatoms. The highest BCUT2D eigenvalue weighted by Crippen LogP contribution is 2.68. The number of hydrogen-bond acceptors (Lipinski definition) is 24. The van der Waals surface area contributed by atoms with Crippen molar-refractivity contribution in [2.75, 3.05) is 0 Å². The molecule has 0 amide bonds. The largest absolute Gasteiger partial charge is 0.412 e. The summed E-state index contributed by atoms with van der Waals surface area (Å²) >= 11 is 0. The van der Waals surface area contributed by atoms with Crippen LogP contribution in [0.3, 0.4) is 0 Å². The topological polar surface area (TPSA) is 344 Å². The molecular formula is C36H32O24. The van der Waals surface area contributed by atoms with Crippen LogP contribution in [-0.4, -0.2) is 101 Å². The van der Waals surface area contributed by atoms with Crippen LogP contribution in [0.25, 0.3) is 0 Å². The van der Waals surface area contributed by atoms with Gasteiger partial charge in [-0.15, -0.1) is 0 Å². The van der Waals surface area contributed by atoms with Gasteiger partial charge in [0.15, 0.2) is 5.41 Å². The number of epoxide rings is 3. The number of ether oxygens (including phenoxy) is 3. The first kappa shape index (κ1) is 43.6. The smallest absolute Gasteiger partial charge is 0.389 e. The zero-order valence-electron chi connectivity index (χ0n) is 31.2. The standard InChI is InChI=1S/C36H32O24/c1-5-30(34(46,31(43)27(40)49-31)55-58-52-24(37)21-12-6-18(2)7-13-21,35(47,32(44)28(41)50-32)56-59-53-25(38)22-14-8-19(3)9-15-22)36(48,33(45)29(42)51-33)57-60-54-26(39)23-16-10-20(4)11-17-23/h6-17,43-48H,5H2,1-4H3. The van der Waals surface area contributed by atoms with Crippen molar-refractivity contribution in [2.24, 2.45) is 5.41 Å². The van der Waals surface area contributed by atoms with Gasteiger partial charge in [-0.2, -0.15) is 14.7 Å². The molecule has 0 aliphatic carbocycles. The van der Waals surface area contributed by atoms with Gasteiger partial charge in [0, 0.05) is 0 Å². The molecule has 0 spiro atoms. The molecule has 3 aliphatic heterocycles. The molecule has 6 atom stereocenters. The molecule has 320 valence electrons. The van der Waals surface area contributed by atoms with Crippen molar-refractivity contribution in [3.8, 4) is 0 Å². The van der Waals surface area contributed by atoms with E-state index in [1.54, 1.807) is 20.8 Å². The van der Waals surface area contributed by atoms with Crippen LogP contribution in [0.15, 0.2) is 72.8 Å². The van der Waals surface area contributed by atoms with Crippen LogP contribution >= 0.6 is 0 Å².